The van der Waals surface area contributed by atoms with Crippen molar-refractivity contribution in [1.82, 2.24) is 0 Å². The molecule has 0 radical (unpaired) electrons. The van der Waals surface area contributed by atoms with Crippen LogP contribution in [0.25, 0.3) is 0 Å². The fourth-order valence-electron chi connectivity index (χ4n) is 1.73. The smallest absolute Gasteiger partial charge is 0.299 e. The van der Waals surface area contributed by atoms with Gasteiger partial charge in [0.15, 0.2) is 0 Å². The summed E-state index contributed by atoms with van der Waals surface area (Å²) in [5.41, 5.74) is 0. The highest BCUT2D eigenvalue weighted by Gasteiger charge is 2.74. The van der Waals surface area contributed by atoms with Crippen LogP contribution in [0.2, 0.25) is 0 Å². The molecule has 0 N–H and O–H groups in total. The van der Waals surface area contributed by atoms with Crippen LogP contribution in [0.5, 0.6) is 0 Å². The molecule has 0 amide bonds. The summed E-state index contributed by atoms with van der Waals surface area (Å²) in [6, 6.07) is 3.90. The molecule has 1 aromatic carbocycles. The molecular formula is C14H9F14O3P. The summed E-state index contributed by atoms with van der Waals surface area (Å²) in [6.07, 6.45) is -13.7. The summed E-state index contributed by atoms with van der Waals surface area (Å²) in [4.78, 5) is 0. The van der Waals surface area contributed by atoms with E-state index in [4.69, 9.17) is 0 Å². The minimum absolute atomic E-state index is 0.543. The van der Waals surface area contributed by atoms with Crippen molar-refractivity contribution in [1.29, 1.82) is 0 Å². The van der Waals surface area contributed by atoms with E-state index in [0.29, 0.717) is 12.1 Å². The van der Waals surface area contributed by atoms with Crippen molar-refractivity contribution in [2.24, 2.45) is 0 Å². The zero-order valence-corrected chi connectivity index (χ0v) is 15.7. The van der Waals surface area contributed by atoms with Crippen molar-refractivity contribution in [3.63, 3.8) is 0 Å². The number of halogens is 14. The van der Waals surface area contributed by atoms with E-state index < -0.39 is 62.2 Å². The maximum atomic E-state index is 13.4. The van der Waals surface area contributed by atoms with Gasteiger partial charge in [0.05, 0.1) is 5.30 Å². The highest BCUT2D eigenvalue weighted by Crippen LogP contribution is 2.54. The fraction of sp³-hybridized carbons (Fsp3) is 0.571. The molecule has 0 aliphatic heterocycles. The van der Waals surface area contributed by atoms with Crippen molar-refractivity contribution in [2.45, 2.75) is 36.0 Å². The summed E-state index contributed by atoms with van der Waals surface area (Å²) in [5, 5.41) is -1.10. The average molecular weight is 522 g/mol. The highest BCUT2D eigenvalue weighted by atomic mass is 31.2. The average Bonchev–Trinajstić information content (AvgIpc) is 2.63. The van der Waals surface area contributed by atoms with Gasteiger partial charge in [0, 0.05) is 0 Å². The predicted molar refractivity (Wildman–Crippen MR) is 77.5 cm³/mol. The van der Waals surface area contributed by atoms with Gasteiger partial charge in [0.1, 0.15) is 13.2 Å². The predicted octanol–water partition coefficient (Wildman–Crippen LogP) is 6.20. The van der Waals surface area contributed by atoms with Crippen LogP contribution >= 0.6 is 7.60 Å². The van der Waals surface area contributed by atoms with Crippen molar-refractivity contribution < 1.29 is 75.1 Å². The van der Waals surface area contributed by atoms with E-state index in [2.05, 4.69) is 9.05 Å². The third-order valence-electron chi connectivity index (χ3n) is 3.53. The Bertz CT molecular complexity index is 772. The molecule has 0 heterocycles. The van der Waals surface area contributed by atoms with Crippen LogP contribution in [0.1, 0.15) is 0 Å². The zero-order chi connectivity index (χ0) is 25.4. The summed E-state index contributed by atoms with van der Waals surface area (Å²) in [7, 11) is -5.87. The Hall–Kier alpha value is -1.61. The first-order chi connectivity index (χ1) is 14.0. The van der Waals surface area contributed by atoms with Gasteiger partial charge in [0.2, 0.25) is 0 Å². The Morgan fingerprint density at radius 1 is 0.594 bits per heavy atom. The molecular weight excluding hydrogens is 513 g/mol. The lowest BCUT2D eigenvalue weighted by molar-refractivity contribution is -0.360. The van der Waals surface area contributed by atoms with Gasteiger partial charge in [-0.25, -0.2) is 0 Å². The quantitative estimate of drug-likeness (QED) is 0.286. The SMILES string of the molecule is O=P(OCC(F)(F)C(F)(F)C(F)(F)F)(OCC(F)(F)C(F)(F)C(F)(F)F)c1ccccc1. The summed E-state index contributed by atoms with van der Waals surface area (Å²) in [5.74, 6) is -26.0. The first kappa shape index (κ1) is 28.4. The van der Waals surface area contributed by atoms with Crippen molar-refractivity contribution in [3.8, 4) is 0 Å². The molecule has 0 aliphatic rings. The second kappa shape index (κ2) is 8.63. The van der Waals surface area contributed by atoms with Crippen LogP contribution in [-0.4, -0.2) is 49.3 Å². The monoisotopic (exact) mass is 522 g/mol. The van der Waals surface area contributed by atoms with Crippen LogP contribution in [0.4, 0.5) is 61.5 Å². The molecule has 3 nitrogen and oxygen atoms in total. The number of hydrogen-bond donors (Lipinski definition) is 0. The molecule has 1 aromatic rings. The van der Waals surface area contributed by atoms with Crippen LogP contribution < -0.4 is 5.30 Å². The van der Waals surface area contributed by atoms with Crippen molar-refractivity contribution in [3.05, 3.63) is 30.3 Å². The first-order valence-electron chi connectivity index (χ1n) is 7.61. The number of hydrogen-bond acceptors (Lipinski definition) is 3. The maximum absolute atomic E-state index is 13.4. The van der Waals surface area contributed by atoms with Gasteiger partial charge < -0.3 is 0 Å². The second-order valence-corrected chi connectivity index (χ2v) is 7.96. The molecule has 186 valence electrons. The first-order valence-corrected chi connectivity index (χ1v) is 9.15. The Morgan fingerprint density at radius 2 is 0.906 bits per heavy atom. The van der Waals surface area contributed by atoms with Crippen molar-refractivity contribution in [2.75, 3.05) is 13.2 Å². The third kappa shape index (κ3) is 5.47. The lowest BCUT2D eigenvalue weighted by Gasteiger charge is -2.31. The van der Waals surface area contributed by atoms with Gasteiger partial charge in [-0.15, -0.1) is 0 Å². The molecule has 1 rings (SSSR count). The Morgan fingerprint density at radius 3 is 1.19 bits per heavy atom. The van der Waals surface area contributed by atoms with Crippen LogP contribution in [-0.2, 0) is 13.6 Å². The van der Waals surface area contributed by atoms with Gasteiger partial charge in [-0.2, -0.15) is 61.5 Å². The molecule has 18 heteroatoms. The van der Waals surface area contributed by atoms with Crippen LogP contribution in [0, 0.1) is 0 Å². The largest absolute Gasteiger partial charge is 0.459 e. The molecule has 32 heavy (non-hydrogen) atoms. The Kier molecular flexibility index (Phi) is 7.67. The molecule has 0 bridgehead atoms. The number of rotatable bonds is 9. The van der Waals surface area contributed by atoms with E-state index in [1.807, 2.05) is 0 Å². The van der Waals surface area contributed by atoms with E-state index >= 15 is 0 Å². The van der Waals surface area contributed by atoms with Gasteiger partial charge in [0.25, 0.3) is 0 Å². The second-order valence-electron chi connectivity index (χ2n) is 5.93. The zero-order valence-electron chi connectivity index (χ0n) is 14.8. The molecule has 0 atom stereocenters. The third-order valence-corrected chi connectivity index (χ3v) is 5.40. The normalized spacial score (nSPS) is 15.2. The van der Waals surface area contributed by atoms with Crippen molar-refractivity contribution >= 4 is 12.9 Å². The maximum Gasteiger partial charge on any atom is 0.459 e. The topological polar surface area (TPSA) is 35.5 Å². The lowest BCUT2D eigenvalue weighted by atomic mass is 10.2. The number of benzene rings is 1. The van der Waals surface area contributed by atoms with E-state index in [1.165, 1.54) is 0 Å². The van der Waals surface area contributed by atoms with Gasteiger partial charge in [-0.05, 0) is 12.1 Å². The van der Waals surface area contributed by atoms with Gasteiger partial charge >= 0.3 is 43.6 Å². The molecule has 0 aromatic heterocycles. The molecule has 0 spiro atoms. The highest BCUT2D eigenvalue weighted by molar-refractivity contribution is 7.62. The molecule has 0 fully saturated rings. The summed E-state index contributed by atoms with van der Waals surface area (Å²) in [6.45, 7) is -6.21. The summed E-state index contributed by atoms with van der Waals surface area (Å²) >= 11 is 0. The Balaban J connectivity index is 3.25. The van der Waals surface area contributed by atoms with E-state index in [1.54, 1.807) is 0 Å². The van der Waals surface area contributed by atoms with E-state index in [0.717, 1.165) is 18.2 Å². The van der Waals surface area contributed by atoms with E-state index in [-0.39, 0.29) is 0 Å². The Labute approximate surface area is 168 Å². The minimum Gasteiger partial charge on any atom is -0.299 e. The van der Waals surface area contributed by atoms with Crippen LogP contribution in [0.15, 0.2) is 30.3 Å². The lowest BCUT2D eigenvalue weighted by Crippen LogP contribution is -2.54. The molecule has 0 saturated carbocycles. The van der Waals surface area contributed by atoms with E-state index in [9.17, 15) is 66.0 Å². The van der Waals surface area contributed by atoms with Gasteiger partial charge in [-0.1, -0.05) is 18.2 Å². The number of alkyl halides is 14. The molecule has 0 saturated heterocycles. The van der Waals surface area contributed by atoms with Crippen LogP contribution in [0.3, 0.4) is 0 Å². The van der Waals surface area contributed by atoms with Gasteiger partial charge in [-0.3, -0.25) is 13.6 Å². The minimum atomic E-state index is -6.86. The molecule has 0 unspecified atom stereocenters. The summed E-state index contributed by atoms with van der Waals surface area (Å²) < 4.78 is 198. The fourth-order valence-corrected chi connectivity index (χ4v) is 3.30. The molecule has 0 aliphatic carbocycles. The standard InChI is InChI=1S/C14H9F14O3P/c15-9(16,11(19,20)13(23,24)25)6-30-32(29,8-4-2-1-3-5-8)31-7-10(17,18)12(21,22)14(26,27)28/h1-5H,6-7H2.